The average Bonchev–Trinajstić information content (AvgIpc) is 2.49. The van der Waals surface area contributed by atoms with Crippen molar-refractivity contribution >= 4 is 17.5 Å². The predicted octanol–water partition coefficient (Wildman–Crippen LogP) is 2.74. The van der Waals surface area contributed by atoms with Crippen molar-refractivity contribution in [1.82, 2.24) is 5.32 Å². The van der Waals surface area contributed by atoms with Gasteiger partial charge in [-0.2, -0.15) is 0 Å². The molecule has 6 heteroatoms. The molecule has 0 saturated carbocycles. The van der Waals surface area contributed by atoms with Crippen LogP contribution < -0.4 is 20.5 Å². The third-order valence-corrected chi connectivity index (χ3v) is 4.05. The summed E-state index contributed by atoms with van der Waals surface area (Å²) in [6.45, 7) is 6.99. The molecule has 0 aliphatic rings. The largest absolute Gasteiger partial charge is 0.493 e. The molecule has 1 aromatic carbocycles. The molecular formula is C16H25ClN2O3. The lowest BCUT2D eigenvalue weighted by molar-refractivity contribution is -0.119. The van der Waals surface area contributed by atoms with Gasteiger partial charge in [0, 0.05) is 12.6 Å². The van der Waals surface area contributed by atoms with Crippen LogP contribution in [0.5, 0.6) is 11.5 Å². The Labute approximate surface area is 137 Å². The van der Waals surface area contributed by atoms with Gasteiger partial charge >= 0.3 is 0 Å². The third kappa shape index (κ3) is 5.39. The van der Waals surface area contributed by atoms with E-state index in [1.54, 1.807) is 6.07 Å². The number of carbonyl (C=O) groups is 1. The van der Waals surface area contributed by atoms with E-state index in [9.17, 15) is 4.79 Å². The number of nitrogens with two attached hydrogens (primary N) is 1. The van der Waals surface area contributed by atoms with Gasteiger partial charge in [0.25, 0.3) is 5.91 Å². The number of ether oxygens (including phenoxy) is 2. The molecular weight excluding hydrogens is 304 g/mol. The fourth-order valence-electron chi connectivity index (χ4n) is 1.99. The molecule has 5 nitrogen and oxygen atoms in total. The van der Waals surface area contributed by atoms with E-state index in [1.807, 2.05) is 6.07 Å². The van der Waals surface area contributed by atoms with Gasteiger partial charge in [0.2, 0.25) is 0 Å². The van der Waals surface area contributed by atoms with Crippen LogP contribution in [0.15, 0.2) is 12.1 Å². The summed E-state index contributed by atoms with van der Waals surface area (Å²) in [5.74, 6) is 0.852. The molecule has 2 atom stereocenters. The Balaban J connectivity index is 2.82. The van der Waals surface area contributed by atoms with Gasteiger partial charge in [0.1, 0.15) is 0 Å². The van der Waals surface area contributed by atoms with Crippen molar-refractivity contribution in [2.75, 3.05) is 13.7 Å². The summed E-state index contributed by atoms with van der Waals surface area (Å²) in [5, 5.41) is 3.87. The second kappa shape index (κ2) is 8.86. The van der Waals surface area contributed by atoms with Crippen LogP contribution >= 0.6 is 11.6 Å². The van der Waals surface area contributed by atoms with Crippen LogP contribution in [0, 0.1) is 5.92 Å². The molecule has 0 aliphatic carbocycles. The SMILES string of the molecule is CCC(C)C(C)NCc1cc(Cl)c(OCC(N)=O)c(OC)c1. The monoisotopic (exact) mass is 328 g/mol. The molecule has 3 N–H and O–H groups in total. The molecule has 0 spiro atoms. The van der Waals surface area contributed by atoms with E-state index in [0.29, 0.717) is 35.0 Å². The minimum absolute atomic E-state index is 0.237. The Morgan fingerprint density at radius 1 is 1.41 bits per heavy atom. The molecule has 0 heterocycles. The van der Waals surface area contributed by atoms with Gasteiger partial charge in [-0.3, -0.25) is 4.79 Å². The van der Waals surface area contributed by atoms with Crippen LogP contribution in [0.4, 0.5) is 0 Å². The number of benzene rings is 1. The summed E-state index contributed by atoms with van der Waals surface area (Å²) < 4.78 is 10.6. The average molecular weight is 329 g/mol. The van der Waals surface area contributed by atoms with Gasteiger partial charge in [0.05, 0.1) is 12.1 Å². The van der Waals surface area contributed by atoms with Crippen molar-refractivity contribution < 1.29 is 14.3 Å². The van der Waals surface area contributed by atoms with Crippen LogP contribution in [0.3, 0.4) is 0 Å². The maximum absolute atomic E-state index is 10.8. The maximum Gasteiger partial charge on any atom is 0.255 e. The zero-order valence-corrected chi connectivity index (χ0v) is 14.4. The van der Waals surface area contributed by atoms with Crippen LogP contribution in [-0.4, -0.2) is 25.7 Å². The Morgan fingerprint density at radius 2 is 2.09 bits per heavy atom. The Bertz CT molecular complexity index is 508. The number of halogens is 1. The first kappa shape index (κ1) is 18.6. The Hall–Kier alpha value is -1.46. The zero-order valence-electron chi connectivity index (χ0n) is 13.6. The summed E-state index contributed by atoms with van der Waals surface area (Å²) in [4.78, 5) is 10.8. The standard InChI is InChI=1S/C16H25ClN2O3/c1-5-10(2)11(3)19-8-12-6-13(17)16(14(7-12)21-4)22-9-15(18)20/h6-7,10-11,19H,5,8-9H2,1-4H3,(H2,18,20). The van der Waals surface area contributed by atoms with Gasteiger partial charge in [-0.05, 0) is 30.5 Å². The van der Waals surface area contributed by atoms with E-state index < -0.39 is 5.91 Å². The van der Waals surface area contributed by atoms with Crippen LogP contribution in [0.1, 0.15) is 32.8 Å². The first-order valence-corrected chi connectivity index (χ1v) is 7.77. The zero-order chi connectivity index (χ0) is 16.7. The van der Waals surface area contributed by atoms with Gasteiger partial charge in [0.15, 0.2) is 18.1 Å². The number of carbonyl (C=O) groups excluding carboxylic acids is 1. The molecule has 22 heavy (non-hydrogen) atoms. The summed E-state index contributed by atoms with van der Waals surface area (Å²) >= 11 is 6.22. The number of methoxy groups -OCH3 is 1. The Kier molecular flexibility index (Phi) is 7.48. The number of primary amides is 1. The van der Waals surface area contributed by atoms with E-state index in [4.69, 9.17) is 26.8 Å². The van der Waals surface area contributed by atoms with E-state index in [0.717, 1.165) is 12.0 Å². The molecule has 0 bridgehead atoms. The van der Waals surface area contributed by atoms with Crippen molar-refractivity contribution in [3.8, 4) is 11.5 Å². The molecule has 0 aromatic heterocycles. The summed E-state index contributed by atoms with van der Waals surface area (Å²) in [5.41, 5.74) is 6.07. The molecule has 2 unspecified atom stereocenters. The molecule has 124 valence electrons. The number of rotatable bonds is 9. The number of hydrogen-bond acceptors (Lipinski definition) is 4. The van der Waals surface area contributed by atoms with Gasteiger partial charge < -0.3 is 20.5 Å². The molecule has 0 saturated heterocycles. The minimum Gasteiger partial charge on any atom is -0.493 e. The first-order chi connectivity index (χ1) is 10.4. The summed E-state index contributed by atoms with van der Waals surface area (Å²) in [7, 11) is 1.53. The smallest absolute Gasteiger partial charge is 0.255 e. The summed E-state index contributed by atoms with van der Waals surface area (Å²) in [6.07, 6.45) is 1.12. The second-order valence-electron chi connectivity index (χ2n) is 5.42. The first-order valence-electron chi connectivity index (χ1n) is 7.39. The summed E-state index contributed by atoms with van der Waals surface area (Å²) in [6, 6.07) is 4.05. The van der Waals surface area contributed by atoms with E-state index in [1.165, 1.54) is 7.11 Å². The minimum atomic E-state index is -0.564. The molecule has 0 aliphatic heterocycles. The third-order valence-electron chi connectivity index (χ3n) is 3.77. The number of hydrogen-bond donors (Lipinski definition) is 2. The highest BCUT2D eigenvalue weighted by atomic mass is 35.5. The topological polar surface area (TPSA) is 73.6 Å². The molecule has 1 rings (SSSR count). The van der Waals surface area contributed by atoms with Gasteiger partial charge in [-0.1, -0.05) is 31.9 Å². The van der Waals surface area contributed by atoms with Crippen LogP contribution in [-0.2, 0) is 11.3 Å². The van der Waals surface area contributed by atoms with Gasteiger partial charge in [-0.25, -0.2) is 0 Å². The fourth-order valence-corrected chi connectivity index (χ4v) is 2.28. The number of nitrogens with one attached hydrogen (secondary N) is 1. The lowest BCUT2D eigenvalue weighted by Gasteiger charge is -2.20. The van der Waals surface area contributed by atoms with Crippen molar-refractivity contribution in [3.63, 3.8) is 0 Å². The molecule has 0 radical (unpaired) electrons. The van der Waals surface area contributed by atoms with Crippen LogP contribution in [0.2, 0.25) is 5.02 Å². The van der Waals surface area contributed by atoms with E-state index >= 15 is 0 Å². The fraction of sp³-hybridized carbons (Fsp3) is 0.562. The van der Waals surface area contributed by atoms with Crippen molar-refractivity contribution in [2.45, 2.75) is 39.8 Å². The molecule has 1 aromatic rings. The second-order valence-corrected chi connectivity index (χ2v) is 5.83. The quantitative estimate of drug-likeness (QED) is 0.731. The van der Waals surface area contributed by atoms with Gasteiger partial charge in [-0.15, -0.1) is 0 Å². The lowest BCUT2D eigenvalue weighted by Crippen LogP contribution is -2.31. The lowest BCUT2D eigenvalue weighted by atomic mass is 10.0. The van der Waals surface area contributed by atoms with E-state index in [2.05, 4.69) is 26.1 Å². The highest BCUT2D eigenvalue weighted by Gasteiger charge is 2.14. The highest BCUT2D eigenvalue weighted by molar-refractivity contribution is 6.32. The van der Waals surface area contributed by atoms with Crippen molar-refractivity contribution in [3.05, 3.63) is 22.7 Å². The maximum atomic E-state index is 10.8. The van der Waals surface area contributed by atoms with Crippen molar-refractivity contribution in [1.29, 1.82) is 0 Å². The Morgan fingerprint density at radius 3 is 2.64 bits per heavy atom. The predicted molar refractivity (Wildman–Crippen MR) is 88.5 cm³/mol. The highest BCUT2D eigenvalue weighted by Crippen LogP contribution is 2.36. The van der Waals surface area contributed by atoms with Crippen molar-refractivity contribution in [2.24, 2.45) is 11.7 Å². The molecule has 1 amide bonds. The number of amides is 1. The van der Waals surface area contributed by atoms with E-state index in [-0.39, 0.29) is 6.61 Å². The van der Waals surface area contributed by atoms with Crippen LogP contribution in [0.25, 0.3) is 0 Å². The molecule has 0 fully saturated rings. The normalized spacial score (nSPS) is 13.5.